The van der Waals surface area contributed by atoms with Crippen molar-refractivity contribution in [2.24, 2.45) is 11.7 Å². The number of likely N-dealkylation sites (tertiary alicyclic amines) is 1. The molecule has 0 bridgehead atoms. The molecular weight excluding hydrogens is 264 g/mol. The number of halogens is 1. The second-order valence-electron chi connectivity index (χ2n) is 4.80. The van der Waals surface area contributed by atoms with Crippen LogP contribution in [-0.2, 0) is 9.59 Å². The molecule has 1 aromatic carbocycles. The number of carbonyl (C=O) groups excluding carboxylic acids is 2. The normalized spacial score (nSPS) is 20.9. The van der Waals surface area contributed by atoms with E-state index in [0.29, 0.717) is 13.1 Å². The molecule has 0 spiro atoms. The Morgan fingerprint density at radius 3 is 2.63 bits per heavy atom. The summed E-state index contributed by atoms with van der Waals surface area (Å²) in [6.07, 6.45) is 1.54. The van der Waals surface area contributed by atoms with Crippen molar-refractivity contribution >= 4 is 23.4 Å². The summed E-state index contributed by atoms with van der Waals surface area (Å²) >= 11 is 6.21. The van der Waals surface area contributed by atoms with Crippen LogP contribution in [0.5, 0.6) is 0 Å². The lowest BCUT2D eigenvalue weighted by Gasteiger charge is -2.32. The maximum absolute atomic E-state index is 12.3. The molecule has 102 valence electrons. The largest absolute Gasteiger partial charge is 0.369 e. The Bertz CT molecular complexity index is 464. The predicted octanol–water partition coefficient (Wildman–Crippen LogP) is 1.69. The number of rotatable bonds is 3. The van der Waals surface area contributed by atoms with Gasteiger partial charge in [-0.1, -0.05) is 30.3 Å². The van der Waals surface area contributed by atoms with E-state index in [2.05, 4.69) is 0 Å². The van der Waals surface area contributed by atoms with Crippen LogP contribution in [0.25, 0.3) is 0 Å². The summed E-state index contributed by atoms with van der Waals surface area (Å²) < 4.78 is 0. The number of alkyl halides is 1. The molecule has 2 atom stereocenters. The SMILES string of the molecule is NC(=O)C1CCCN(C(=O)C(Cl)c2ccccc2)C1. The van der Waals surface area contributed by atoms with Crippen LogP contribution in [0.4, 0.5) is 0 Å². The molecule has 1 aliphatic heterocycles. The monoisotopic (exact) mass is 280 g/mol. The van der Waals surface area contributed by atoms with Gasteiger partial charge in [0.25, 0.3) is 0 Å². The number of hydrogen-bond donors (Lipinski definition) is 1. The van der Waals surface area contributed by atoms with Crippen LogP contribution in [0.3, 0.4) is 0 Å². The van der Waals surface area contributed by atoms with E-state index in [1.54, 1.807) is 4.90 Å². The molecule has 2 amide bonds. The first-order valence-corrected chi connectivity index (χ1v) is 6.80. The van der Waals surface area contributed by atoms with E-state index in [4.69, 9.17) is 17.3 Å². The fraction of sp³-hybridized carbons (Fsp3) is 0.429. The fourth-order valence-electron chi connectivity index (χ4n) is 2.33. The van der Waals surface area contributed by atoms with Crippen molar-refractivity contribution in [3.8, 4) is 0 Å². The number of nitrogens with two attached hydrogens (primary N) is 1. The molecule has 4 nitrogen and oxygen atoms in total. The summed E-state index contributed by atoms with van der Waals surface area (Å²) in [6.45, 7) is 1.02. The summed E-state index contributed by atoms with van der Waals surface area (Å²) in [5.41, 5.74) is 6.08. The number of primary amides is 1. The number of hydrogen-bond acceptors (Lipinski definition) is 2. The topological polar surface area (TPSA) is 63.4 Å². The lowest BCUT2D eigenvalue weighted by Crippen LogP contribution is -2.45. The third kappa shape index (κ3) is 3.26. The van der Waals surface area contributed by atoms with Gasteiger partial charge in [0.2, 0.25) is 11.8 Å². The first-order chi connectivity index (χ1) is 9.09. The Morgan fingerprint density at radius 2 is 2.00 bits per heavy atom. The van der Waals surface area contributed by atoms with Gasteiger partial charge in [-0.25, -0.2) is 0 Å². The lowest BCUT2D eigenvalue weighted by molar-refractivity contribution is -0.134. The van der Waals surface area contributed by atoms with Gasteiger partial charge in [-0.15, -0.1) is 11.6 Å². The molecule has 1 aromatic rings. The molecule has 0 aliphatic carbocycles. The molecule has 2 N–H and O–H groups in total. The van der Waals surface area contributed by atoms with E-state index in [1.807, 2.05) is 30.3 Å². The fourth-order valence-corrected chi connectivity index (χ4v) is 2.62. The second kappa shape index (κ2) is 6.06. The van der Waals surface area contributed by atoms with E-state index >= 15 is 0 Å². The van der Waals surface area contributed by atoms with Crippen LogP contribution in [0.15, 0.2) is 30.3 Å². The van der Waals surface area contributed by atoms with Gasteiger partial charge in [-0.05, 0) is 18.4 Å². The Labute approximate surface area is 117 Å². The van der Waals surface area contributed by atoms with Crippen molar-refractivity contribution in [3.63, 3.8) is 0 Å². The van der Waals surface area contributed by atoms with Gasteiger partial charge in [0, 0.05) is 13.1 Å². The molecular formula is C14H17ClN2O2. The van der Waals surface area contributed by atoms with Crippen molar-refractivity contribution in [2.45, 2.75) is 18.2 Å². The summed E-state index contributed by atoms with van der Waals surface area (Å²) in [4.78, 5) is 25.2. The van der Waals surface area contributed by atoms with Crippen molar-refractivity contribution in [1.82, 2.24) is 4.90 Å². The first-order valence-electron chi connectivity index (χ1n) is 6.36. The average Bonchev–Trinajstić information content (AvgIpc) is 2.46. The van der Waals surface area contributed by atoms with Gasteiger partial charge in [-0.2, -0.15) is 0 Å². The Balaban J connectivity index is 2.05. The highest BCUT2D eigenvalue weighted by molar-refractivity contribution is 6.30. The minimum Gasteiger partial charge on any atom is -0.369 e. The number of amides is 2. The minimum atomic E-state index is -0.701. The van der Waals surface area contributed by atoms with Crippen molar-refractivity contribution in [1.29, 1.82) is 0 Å². The molecule has 1 aliphatic rings. The van der Waals surface area contributed by atoms with Gasteiger partial charge in [0.15, 0.2) is 0 Å². The summed E-state index contributed by atoms with van der Waals surface area (Å²) in [7, 11) is 0. The lowest BCUT2D eigenvalue weighted by atomic mass is 9.97. The molecule has 5 heteroatoms. The molecule has 0 aromatic heterocycles. The zero-order chi connectivity index (χ0) is 13.8. The molecule has 2 rings (SSSR count). The first kappa shape index (κ1) is 13.9. The van der Waals surface area contributed by atoms with E-state index in [1.165, 1.54) is 0 Å². The summed E-state index contributed by atoms with van der Waals surface area (Å²) in [6, 6.07) is 9.22. The third-order valence-electron chi connectivity index (χ3n) is 3.44. The third-order valence-corrected chi connectivity index (χ3v) is 3.88. The highest BCUT2D eigenvalue weighted by Gasteiger charge is 2.30. The Morgan fingerprint density at radius 1 is 1.32 bits per heavy atom. The Kier molecular flexibility index (Phi) is 4.43. The van der Waals surface area contributed by atoms with Crippen LogP contribution in [0, 0.1) is 5.92 Å². The van der Waals surface area contributed by atoms with E-state index < -0.39 is 5.38 Å². The number of benzene rings is 1. The van der Waals surface area contributed by atoms with Crippen LogP contribution >= 0.6 is 11.6 Å². The maximum atomic E-state index is 12.3. The van der Waals surface area contributed by atoms with E-state index in [9.17, 15) is 9.59 Å². The van der Waals surface area contributed by atoms with Crippen LogP contribution in [0.1, 0.15) is 23.8 Å². The standard InChI is InChI=1S/C14H17ClN2O2/c15-12(10-5-2-1-3-6-10)14(19)17-8-4-7-11(9-17)13(16)18/h1-3,5-6,11-12H,4,7-9H2,(H2,16,18). The smallest absolute Gasteiger partial charge is 0.245 e. The maximum Gasteiger partial charge on any atom is 0.245 e. The Hall–Kier alpha value is -1.55. The van der Waals surface area contributed by atoms with Crippen LogP contribution in [-0.4, -0.2) is 29.8 Å². The summed E-state index contributed by atoms with van der Waals surface area (Å²) in [5.74, 6) is -0.750. The van der Waals surface area contributed by atoms with Crippen molar-refractivity contribution in [2.75, 3.05) is 13.1 Å². The van der Waals surface area contributed by atoms with Crippen molar-refractivity contribution < 1.29 is 9.59 Å². The van der Waals surface area contributed by atoms with Crippen LogP contribution in [0.2, 0.25) is 0 Å². The van der Waals surface area contributed by atoms with E-state index in [-0.39, 0.29) is 17.7 Å². The number of carbonyl (C=O) groups is 2. The second-order valence-corrected chi connectivity index (χ2v) is 5.24. The molecule has 2 unspecified atom stereocenters. The number of nitrogens with zero attached hydrogens (tertiary/aromatic N) is 1. The minimum absolute atomic E-state index is 0.154. The quantitative estimate of drug-likeness (QED) is 0.857. The van der Waals surface area contributed by atoms with Crippen molar-refractivity contribution in [3.05, 3.63) is 35.9 Å². The van der Waals surface area contributed by atoms with Crippen LogP contribution < -0.4 is 5.73 Å². The summed E-state index contributed by atoms with van der Waals surface area (Å²) in [5, 5.41) is -0.701. The average molecular weight is 281 g/mol. The van der Waals surface area contributed by atoms with Gasteiger partial charge < -0.3 is 10.6 Å². The van der Waals surface area contributed by atoms with Gasteiger partial charge in [-0.3, -0.25) is 9.59 Å². The molecule has 1 fully saturated rings. The highest BCUT2D eigenvalue weighted by Crippen LogP contribution is 2.25. The van der Waals surface area contributed by atoms with Gasteiger partial charge in [0.05, 0.1) is 5.92 Å². The van der Waals surface area contributed by atoms with Gasteiger partial charge in [0.1, 0.15) is 5.38 Å². The van der Waals surface area contributed by atoms with E-state index in [0.717, 1.165) is 18.4 Å². The molecule has 0 saturated carbocycles. The molecule has 1 saturated heterocycles. The predicted molar refractivity (Wildman–Crippen MR) is 73.5 cm³/mol. The zero-order valence-electron chi connectivity index (χ0n) is 10.6. The zero-order valence-corrected chi connectivity index (χ0v) is 11.3. The molecule has 1 heterocycles. The molecule has 19 heavy (non-hydrogen) atoms. The highest BCUT2D eigenvalue weighted by atomic mass is 35.5. The number of piperidine rings is 1. The molecule has 0 radical (unpaired) electrons. The van der Waals surface area contributed by atoms with Gasteiger partial charge >= 0.3 is 0 Å².